The van der Waals surface area contributed by atoms with Crippen molar-refractivity contribution in [3.63, 3.8) is 0 Å². The molecule has 2 nitrogen and oxygen atoms in total. The number of para-hydroxylation sites is 1. The average Bonchev–Trinajstić information content (AvgIpc) is 2.18. The Bertz CT molecular complexity index is 477. The minimum absolute atomic E-state index is 0.0672. The number of ketones is 1. The van der Waals surface area contributed by atoms with Crippen molar-refractivity contribution in [3.05, 3.63) is 35.2 Å². The maximum atomic E-state index is 11.6. The zero-order chi connectivity index (χ0) is 12.5. The van der Waals surface area contributed by atoms with Crippen LogP contribution in [-0.2, 0) is 4.79 Å². The van der Waals surface area contributed by atoms with Gasteiger partial charge in [-0.15, -0.1) is 0 Å². The van der Waals surface area contributed by atoms with Gasteiger partial charge in [0.1, 0.15) is 0 Å². The molecule has 0 saturated heterocycles. The van der Waals surface area contributed by atoms with Gasteiger partial charge in [-0.2, -0.15) is 0 Å². The van der Waals surface area contributed by atoms with E-state index in [0.717, 1.165) is 21.9 Å². The van der Waals surface area contributed by atoms with Crippen molar-refractivity contribution in [1.82, 2.24) is 0 Å². The monoisotopic (exact) mass is 247 g/mol. The molecule has 3 heteroatoms. The molecular weight excluding hydrogens is 230 g/mol. The van der Waals surface area contributed by atoms with E-state index in [9.17, 15) is 4.79 Å². The fraction of sp³-hybridized carbons (Fsp3) is 0.357. The maximum absolute atomic E-state index is 11.6. The Labute approximate surface area is 106 Å². The van der Waals surface area contributed by atoms with Gasteiger partial charge in [0.25, 0.3) is 0 Å². The summed E-state index contributed by atoms with van der Waals surface area (Å²) in [6.45, 7) is 4.26. The van der Waals surface area contributed by atoms with Crippen LogP contribution in [0, 0.1) is 5.41 Å². The van der Waals surface area contributed by atoms with Crippen molar-refractivity contribution < 1.29 is 4.79 Å². The van der Waals surface area contributed by atoms with Gasteiger partial charge in [0.2, 0.25) is 0 Å². The van der Waals surface area contributed by atoms with Crippen LogP contribution >= 0.6 is 11.8 Å². The Hall–Kier alpha value is -1.22. The molecule has 0 saturated carbocycles. The van der Waals surface area contributed by atoms with E-state index in [-0.39, 0.29) is 11.2 Å². The quantitative estimate of drug-likeness (QED) is 0.811. The van der Waals surface area contributed by atoms with Gasteiger partial charge in [0, 0.05) is 17.0 Å². The van der Waals surface area contributed by atoms with E-state index in [0.29, 0.717) is 6.42 Å². The Morgan fingerprint density at radius 1 is 1.24 bits per heavy atom. The van der Waals surface area contributed by atoms with Crippen LogP contribution in [0.3, 0.4) is 0 Å². The highest BCUT2D eigenvalue weighted by atomic mass is 32.2. The summed E-state index contributed by atoms with van der Waals surface area (Å²) in [4.78, 5) is 13.8. The zero-order valence-corrected chi connectivity index (χ0v) is 11.0. The van der Waals surface area contributed by atoms with Crippen LogP contribution in [0.2, 0.25) is 0 Å². The number of thioether (sulfide) groups is 1. The molecule has 2 N–H and O–H groups in total. The smallest absolute Gasteiger partial charge is 0.157 e. The van der Waals surface area contributed by atoms with E-state index in [4.69, 9.17) is 5.73 Å². The van der Waals surface area contributed by atoms with Crippen LogP contribution in [0.4, 0.5) is 5.69 Å². The van der Waals surface area contributed by atoms with E-state index in [1.807, 2.05) is 24.3 Å². The van der Waals surface area contributed by atoms with Gasteiger partial charge in [0.05, 0.1) is 0 Å². The van der Waals surface area contributed by atoms with Crippen LogP contribution in [0.15, 0.2) is 40.1 Å². The summed E-state index contributed by atoms with van der Waals surface area (Å²) in [7, 11) is 0. The number of carbonyl (C=O) groups is 1. The minimum atomic E-state index is 0.0672. The molecule has 0 heterocycles. The number of hydrogen-bond acceptors (Lipinski definition) is 3. The number of anilines is 1. The van der Waals surface area contributed by atoms with Crippen molar-refractivity contribution in [1.29, 1.82) is 0 Å². The number of rotatable bonds is 2. The normalized spacial score (nSPS) is 18.9. The van der Waals surface area contributed by atoms with E-state index in [1.165, 1.54) is 0 Å². The number of benzene rings is 1. The van der Waals surface area contributed by atoms with Gasteiger partial charge >= 0.3 is 0 Å². The second-order valence-electron chi connectivity index (χ2n) is 5.23. The topological polar surface area (TPSA) is 43.1 Å². The van der Waals surface area contributed by atoms with E-state index in [2.05, 4.69) is 13.8 Å². The van der Waals surface area contributed by atoms with E-state index < -0.39 is 0 Å². The summed E-state index contributed by atoms with van der Waals surface area (Å²) in [6, 6.07) is 7.77. The maximum Gasteiger partial charge on any atom is 0.157 e. The second-order valence-corrected chi connectivity index (χ2v) is 6.40. The first kappa shape index (κ1) is 12.2. The lowest BCUT2D eigenvalue weighted by molar-refractivity contribution is -0.116. The molecule has 1 aliphatic rings. The molecule has 0 spiro atoms. The molecule has 90 valence electrons. The molecule has 1 aromatic rings. The third kappa shape index (κ3) is 3.13. The third-order valence-corrected chi connectivity index (χ3v) is 3.90. The molecule has 0 unspecified atom stereocenters. The number of allylic oxidation sites excluding steroid dienone is 2. The van der Waals surface area contributed by atoms with Crippen LogP contribution in [-0.4, -0.2) is 5.78 Å². The molecule has 0 aliphatic heterocycles. The molecule has 0 radical (unpaired) electrons. The van der Waals surface area contributed by atoms with Crippen LogP contribution in [0.1, 0.15) is 26.7 Å². The van der Waals surface area contributed by atoms with Gasteiger partial charge in [-0.3, -0.25) is 4.79 Å². The highest BCUT2D eigenvalue weighted by molar-refractivity contribution is 8.03. The van der Waals surface area contributed by atoms with Crippen LogP contribution < -0.4 is 5.73 Å². The summed E-state index contributed by atoms with van der Waals surface area (Å²) in [5.74, 6) is 0.221. The molecule has 0 aromatic heterocycles. The lowest BCUT2D eigenvalue weighted by Crippen LogP contribution is -2.20. The molecule has 17 heavy (non-hydrogen) atoms. The van der Waals surface area contributed by atoms with Crippen molar-refractivity contribution >= 4 is 23.2 Å². The highest BCUT2D eigenvalue weighted by Gasteiger charge is 2.27. The van der Waals surface area contributed by atoms with E-state index >= 15 is 0 Å². The molecule has 1 aliphatic carbocycles. The number of nitrogens with two attached hydrogens (primary N) is 1. The molecule has 0 atom stereocenters. The van der Waals surface area contributed by atoms with E-state index in [1.54, 1.807) is 17.8 Å². The van der Waals surface area contributed by atoms with Gasteiger partial charge < -0.3 is 5.73 Å². The SMILES string of the molecule is CC1(C)CC(=O)C=C(Sc2ccccc2N)C1. The number of hydrogen-bond donors (Lipinski definition) is 1. The summed E-state index contributed by atoms with van der Waals surface area (Å²) in [5, 5.41) is 0. The molecule has 0 fully saturated rings. The number of carbonyl (C=O) groups excluding carboxylic acids is 1. The Morgan fingerprint density at radius 3 is 2.59 bits per heavy atom. The fourth-order valence-electron chi connectivity index (χ4n) is 2.07. The first-order chi connectivity index (χ1) is 7.96. The third-order valence-electron chi connectivity index (χ3n) is 2.79. The Balaban J connectivity index is 2.20. The van der Waals surface area contributed by atoms with Crippen molar-refractivity contribution in [3.8, 4) is 0 Å². The first-order valence-corrected chi connectivity index (χ1v) is 6.54. The molecular formula is C14H17NOS. The van der Waals surface area contributed by atoms with Gasteiger partial charge in [-0.05, 0) is 34.9 Å². The van der Waals surface area contributed by atoms with Gasteiger partial charge in [0.15, 0.2) is 5.78 Å². The lowest BCUT2D eigenvalue weighted by atomic mass is 9.80. The summed E-state index contributed by atoms with van der Waals surface area (Å²) >= 11 is 1.61. The average molecular weight is 247 g/mol. The van der Waals surface area contributed by atoms with Gasteiger partial charge in [-0.25, -0.2) is 0 Å². The summed E-state index contributed by atoms with van der Waals surface area (Å²) in [6.07, 6.45) is 3.35. The molecule has 2 rings (SSSR count). The first-order valence-electron chi connectivity index (χ1n) is 5.72. The summed E-state index contributed by atoms with van der Waals surface area (Å²) in [5.41, 5.74) is 6.75. The van der Waals surface area contributed by atoms with Crippen LogP contribution in [0.5, 0.6) is 0 Å². The fourth-order valence-corrected chi connectivity index (χ4v) is 3.34. The Kier molecular flexibility index (Phi) is 3.29. The largest absolute Gasteiger partial charge is 0.398 e. The lowest BCUT2D eigenvalue weighted by Gasteiger charge is -2.28. The van der Waals surface area contributed by atoms with Crippen LogP contribution in [0.25, 0.3) is 0 Å². The standard InChI is InChI=1S/C14H17NOS/c1-14(2)8-10(16)7-11(9-14)17-13-6-4-3-5-12(13)15/h3-7H,8-9,15H2,1-2H3. The second kappa shape index (κ2) is 4.57. The predicted octanol–water partition coefficient (Wildman–Crippen LogP) is 3.63. The molecule has 0 bridgehead atoms. The minimum Gasteiger partial charge on any atom is -0.398 e. The highest BCUT2D eigenvalue weighted by Crippen LogP contribution is 2.42. The van der Waals surface area contributed by atoms with Crippen molar-refractivity contribution in [2.45, 2.75) is 31.6 Å². The van der Waals surface area contributed by atoms with Crippen molar-refractivity contribution in [2.24, 2.45) is 5.41 Å². The predicted molar refractivity (Wildman–Crippen MR) is 72.8 cm³/mol. The van der Waals surface area contributed by atoms with Gasteiger partial charge in [-0.1, -0.05) is 37.7 Å². The number of nitrogen functional groups attached to an aromatic ring is 1. The van der Waals surface area contributed by atoms with Crippen molar-refractivity contribution in [2.75, 3.05) is 5.73 Å². The molecule has 1 aromatic carbocycles. The zero-order valence-electron chi connectivity index (χ0n) is 10.2. The molecule has 0 amide bonds. The summed E-state index contributed by atoms with van der Waals surface area (Å²) < 4.78 is 0. The Morgan fingerprint density at radius 2 is 1.94 bits per heavy atom.